The Hall–Kier alpha value is -2.40. The maximum Gasteiger partial charge on any atom is 0.246 e. The fourth-order valence-corrected chi connectivity index (χ4v) is 2.25. The number of hydrogen-bond acceptors (Lipinski definition) is 3. The minimum Gasteiger partial charge on any atom is -0.389 e. The van der Waals surface area contributed by atoms with Crippen LogP contribution < -0.4 is 0 Å². The summed E-state index contributed by atoms with van der Waals surface area (Å²) >= 11 is 0. The Kier molecular flexibility index (Phi) is 5.34. The molecule has 1 N–H and O–H groups in total. The smallest absolute Gasteiger partial charge is 0.246 e. The molecular weight excluding hydrogens is 290 g/mol. The molecule has 2 aromatic rings. The van der Waals surface area contributed by atoms with Gasteiger partial charge in [-0.1, -0.05) is 12.1 Å². The van der Waals surface area contributed by atoms with Crippen molar-refractivity contribution in [2.45, 2.75) is 26.4 Å². The van der Waals surface area contributed by atoms with Gasteiger partial charge in [0.25, 0.3) is 0 Å². The lowest BCUT2D eigenvalue weighted by atomic mass is 10.1. The number of likely N-dealkylation sites (N-methyl/N-ethyl adjacent to an activating group) is 1. The number of hydrogen-bond donors (Lipinski definition) is 1. The van der Waals surface area contributed by atoms with E-state index in [1.807, 2.05) is 42.0 Å². The first kappa shape index (κ1) is 17.0. The molecule has 0 aliphatic carbocycles. The van der Waals surface area contributed by atoms with E-state index < -0.39 is 5.60 Å². The third-order valence-corrected chi connectivity index (χ3v) is 3.39. The minimum absolute atomic E-state index is 0.103. The fraction of sp³-hybridized carbons (Fsp3) is 0.333. The molecule has 0 atom stereocenters. The normalized spacial score (nSPS) is 11.8. The van der Waals surface area contributed by atoms with Gasteiger partial charge >= 0.3 is 0 Å². The number of carbonyl (C=O) groups excluding carboxylic acids is 1. The summed E-state index contributed by atoms with van der Waals surface area (Å²) in [4.78, 5) is 17.8. The van der Waals surface area contributed by atoms with Crippen molar-refractivity contribution < 1.29 is 9.90 Å². The molecule has 1 aromatic heterocycles. The second-order valence-corrected chi connectivity index (χ2v) is 6.06. The number of carbonyl (C=O) groups is 1. The number of aromatic nitrogens is 2. The third-order valence-electron chi connectivity index (χ3n) is 3.39. The lowest BCUT2D eigenvalue weighted by Crippen LogP contribution is -2.41. The number of nitrogens with zero attached hydrogens (tertiary/aromatic N) is 3. The van der Waals surface area contributed by atoms with Crippen molar-refractivity contribution in [1.82, 2.24) is 14.5 Å². The highest BCUT2D eigenvalue weighted by Crippen LogP contribution is 2.11. The Labute approximate surface area is 136 Å². The third kappa shape index (κ3) is 5.07. The molecule has 0 saturated heterocycles. The van der Waals surface area contributed by atoms with E-state index in [1.165, 1.54) is 0 Å². The summed E-state index contributed by atoms with van der Waals surface area (Å²) in [5.74, 6) is -0.103. The minimum atomic E-state index is -0.897. The Morgan fingerprint density at radius 3 is 2.57 bits per heavy atom. The van der Waals surface area contributed by atoms with Crippen LogP contribution in [0.3, 0.4) is 0 Å². The summed E-state index contributed by atoms with van der Waals surface area (Å²) in [5, 5.41) is 9.85. The molecule has 1 heterocycles. The molecular formula is C18H23N3O2. The highest BCUT2D eigenvalue weighted by atomic mass is 16.3. The van der Waals surface area contributed by atoms with Crippen LogP contribution in [-0.2, 0) is 4.79 Å². The molecule has 0 aliphatic rings. The van der Waals surface area contributed by atoms with Crippen LogP contribution in [0.5, 0.6) is 0 Å². The molecule has 0 bridgehead atoms. The van der Waals surface area contributed by atoms with E-state index in [0.29, 0.717) is 13.1 Å². The first-order valence-electron chi connectivity index (χ1n) is 7.67. The largest absolute Gasteiger partial charge is 0.389 e. The highest BCUT2D eigenvalue weighted by Gasteiger charge is 2.19. The van der Waals surface area contributed by atoms with Gasteiger partial charge in [0, 0.05) is 37.2 Å². The molecule has 5 heteroatoms. The van der Waals surface area contributed by atoms with Crippen LogP contribution in [0.15, 0.2) is 49.1 Å². The summed E-state index contributed by atoms with van der Waals surface area (Å²) in [6, 6.07) is 7.84. The molecule has 5 nitrogen and oxygen atoms in total. The van der Waals surface area contributed by atoms with Crippen molar-refractivity contribution in [2.75, 3.05) is 13.1 Å². The van der Waals surface area contributed by atoms with Crippen LogP contribution in [0.25, 0.3) is 11.8 Å². The van der Waals surface area contributed by atoms with E-state index >= 15 is 0 Å². The first-order valence-corrected chi connectivity index (χ1v) is 7.67. The standard InChI is InChI=1S/C18H23N3O2/c1-4-20(13-18(2,3)23)17(22)10-7-15-5-8-16(9-6-15)21-12-11-19-14-21/h5-12,14,23H,4,13H2,1-3H3/b10-7+. The molecule has 1 aromatic carbocycles. The Balaban J connectivity index is 2.03. The van der Waals surface area contributed by atoms with Gasteiger partial charge in [-0.15, -0.1) is 0 Å². The predicted molar refractivity (Wildman–Crippen MR) is 91.1 cm³/mol. The van der Waals surface area contributed by atoms with E-state index in [1.54, 1.807) is 43.4 Å². The lowest BCUT2D eigenvalue weighted by molar-refractivity contribution is -0.128. The van der Waals surface area contributed by atoms with E-state index in [0.717, 1.165) is 11.3 Å². The number of aliphatic hydroxyl groups is 1. The zero-order chi connectivity index (χ0) is 16.9. The number of benzene rings is 1. The summed E-state index contributed by atoms with van der Waals surface area (Å²) in [5.41, 5.74) is 1.07. The van der Waals surface area contributed by atoms with E-state index in [4.69, 9.17) is 0 Å². The highest BCUT2D eigenvalue weighted by molar-refractivity contribution is 5.91. The average Bonchev–Trinajstić information content (AvgIpc) is 3.04. The van der Waals surface area contributed by atoms with Gasteiger partial charge in [-0.2, -0.15) is 0 Å². The van der Waals surface area contributed by atoms with E-state index in [2.05, 4.69) is 4.98 Å². The van der Waals surface area contributed by atoms with Gasteiger partial charge < -0.3 is 14.6 Å². The molecule has 1 amide bonds. The van der Waals surface area contributed by atoms with Crippen LogP contribution in [0.1, 0.15) is 26.3 Å². The van der Waals surface area contributed by atoms with Crippen LogP contribution >= 0.6 is 0 Å². The zero-order valence-corrected chi connectivity index (χ0v) is 13.8. The van der Waals surface area contributed by atoms with Crippen molar-refractivity contribution in [3.8, 4) is 5.69 Å². The monoisotopic (exact) mass is 313 g/mol. The second kappa shape index (κ2) is 7.24. The van der Waals surface area contributed by atoms with Crippen molar-refractivity contribution in [3.63, 3.8) is 0 Å². The van der Waals surface area contributed by atoms with Crippen molar-refractivity contribution >= 4 is 12.0 Å². The number of imidazole rings is 1. The molecule has 0 fully saturated rings. The lowest BCUT2D eigenvalue weighted by Gasteiger charge is -2.27. The van der Waals surface area contributed by atoms with Gasteiger partial charge in [-0.05, 0) is 44.5 Å². The molecule has 0 spiro atoms. The summed E-state index contributed by atoms with van der Waals surface area (Å²) in [6.07, 6.45) is 8.68. The Morgan fingerprint density at radius 2 is 2.04 bits per heavy atom. The van der Waals surface area contributed by atoms with Gasteiger partial charge in [-0.3, -0.25) is 4.79 Å². The van der Waals surface area contributed by atoms with Gasteiger partial charge in [-0.25, -0.2) is 4.98 Å². The van der Waals surface area contributed by atoms with Gasteiger partial charge in [0.1, 0.15) is 0 Å². The summed E-state index contributed by atoms with van der Waals surface area (Å²) < 4.78 is 1.92. The quantitative estimate of drug-likeness (QED) is 0.834. The molecule has 0 aliphatic heterocycles. The molecule has 0 unspecified atom stereocenters. The molecule has 23 heavy (non-hydrogen) atoms. The first-order chi connectivity index (χ1) is 10.9. The Morgan fingerprint density at radius 1 is 1.35 bits per heavy atom. The second-order valence-electron chi connectivity index (χ2n) is 6.06. The molecule has 0 radical (unpaired) electrons. The molecule has 122 valence electrons. The maximum absolute atomic E-state index is 12.2. The fourth-order valence-electron chi connectivity index (χ4n) is 2.25. The molecule has 2 rings (SSSR count). The number of rotatable bonds is 6. The van der Waals surface area contributed by atoms with Crippen LogP contribution in [-0.4, -0.2) is 44.2 Å². The van der Waals surface area contributed by atoms with Crippen molar-refractivity contribution in [3.05, 3.63) is 54.6 Å². The number of amides is 1. The van der Waals surface area contributed by atoms with E-state index in [-0.39, 0.29) is 5.91 Å². The van der Waals surface area contributed by atoms with Crippen molar-refractivity contribution in [2.24, 2.45) is 0 Å². The maximum atomic E-state index is 12.2. The van der Waals surface area contributed by atoms with Crippen LogP contribution in [0.2, 0.25) is 0 Å². The average molecular weight is 313 g/mol. The zero-order valence-electron chi connectivity index (χ0n) is 13.8. The van der Waals surface area contributed by atoms with Crippen LogP contribution in [0, 0.1) is 0 Å². The predicted octanol–water partition coefficient (Wildman–Crippen LogP) is 2.50. The Bertz CT molecular complexity index is 653. The van der Waals surface area contributed by atoms with Crippen molar-refractivity contribution in [1.29, 1.82) is 0 Å². The summed E-state index contributed by atoms with van der Waals surface area (Å²) in [6.45, 7) is 6.17. The molecule has 0 saturated carbocycles. The SMILES string of the molecule is CCN(CC(C)(C)O)C(=O)/C=C/c1ccc(-n2ccnc2)cc1. The summed E-state index contributed by atoms with van der Waals surface area (Å²) in [7, 11) is 0. The van der Waals surface area contributed by atoms with Gasteiger partial charge in [0.15, 0.2) is 0 Å². The van der Waals surface area contributed by atoms with Crippen LogP contribution in [0.4, 0.5) is 0 Å². The van der Waals surface area contributed by atoms with Gasteiger partial charge in [0.05, 0.1) is 11.9 Å². The van der Waals surface area contributed by atoms with E-state index in [9.17, 15) is 9.90 Å². The topological polar surface area (TPSA) is 58.4 Å². The van der Waals surface area contributed by atoms with Gasteiger partial charge in [0.2, 0.25) is 5.91 Å².